The number of benzene rings is 1. The monoisotopic (exact) mass is 423 g/mol. The Labute approximate surface area is 169 Å². The summed E-state index contributed by atoms with van der Waals surface area (Å²) in [5, 5.41) is 7.36. The number of halogens is 2. The lowest BCUT2D eigenvalue weighted by molar-refractivity contribution is -0.113. The van der Waals surface area contributed by atoms with E-state index in [2.05, 4.69) is 15.4 Å². The average molecular weight is 424 g/mol. The van der Waals surface area contributed by atoms with Gasteiger partial charge in [0, 0.05) is 18.6 Å². The summed E-state index contributed by atoms with van der Waals surface area (Å²) in [6, 6.07) is 4.02. The SMILES string of the molecule is CCCCn1c(SCC(=O)Nc2ccc(Cl)cc2F)nc2cn(C)nc2c1=O. The van der Waals surface area contributed by atoms with Crippen molar-refractivity contribution in [2.24, 2.45) is 7.05 Å². The van der Waals surface area contributed by atoms with Gasteiger partial charge in [0.15, 0.2) is 10.7 Å². The van der Waals surface area contributed by atoms with Gasteiger partial charge in [0.2, 0.25) is 5.91 Å². The standard InChI is InChI=1S/C18H19ClFN5O2S/c1-3-4-7-25-17(27)16-14(9-24(2)23-16)22-18(25)28-10-15(26)21-13-6-5-11(19)8-12(13)20/h5-6,8-9H,3-4,7,10H2,1-2H3,(H,21,26). The van der Waals surface area contributed by atoms with Crippen LogP contribution in [0.3, 0.4) is 0 Å². The van der Waals surface area contributed by atoms with Crippen molar-refractivity contribution in [3.05, 3.63) is 45.6 Å². The maximum absolute atomic E-state index is 13.8. The zero-order valence-corrected chi connectivity index (χ0v) is 17.0. The summed E-state index contributed by atoms with van der Waals surface area (Å²) < 4.78 is 16.9. The molecule has 0 unspecified atom stereocenters. The van der Waals surface area contributed by atoms with Gasteiger partial charge in [0.05, 0.1) is 17.6 Å². The number of rotatable bonds is 7. The molecule has 1 aromatic carbocycles. The van der Waals surface area contributed by atoms with Crippen molar-refractivity contribution in [2.45, 2.75) is 31.5 Å². The number of nitrogens with one attached hydrogen (secondary N) is 1. The van der Waals surface area contributed by atoms with Crippen molar-refractivity contribution in [3.63, 3.8) is 0 Å². The maximum Gasteiger partial charge on any atom is 0.282 e. The number of amides is 1. The molecule has 3 aromatic rings. The predicted molar refractivity (Wildman–Crippen MR) is 108 cm³/mol. The highest BCUT2D eigenvalue weighted by molar-refractivity contribution is 7.99. The second kappa shape index (κ2) is 8.74. The van der Waals surface area contributed by atoms with E-state index < -0.39 is 11.7 Å². The fraction of sp³-hybridized carbons (Fsp3) is 0.333. The predicted octanol–water partition coefficient (Wildman–Crippen LogP) is 3.45. The lowest BCUT2D eigenvalue weighted by Crippen LogP contribution is -2.24. The van der Waals surface area contributed by atoms with Crippen LogP contribution in [-0.4, -0.2) is 31.0 Å². The van der Waals surface area contributed by atoms with Crippen LogP contribution in [0.5, 0.6) is 0 Å². The number of aryl methyl sites for hydroxylation is 1. The van der Waals surface area contributed by atoms with Gasteiger partial charge in [-0.1, -0.05) is 36.7 Å². The van der Waals surface area contributed by atoms with Gasteiger partial charge in [-0.3, -0.25) is 18.8 Å². The fourth-order valence-corrected chi connectivity index (χ4v) is 3.60. The number of carbonyl (C=O) groups excluding carboxylic acids is 1. The molecule has 0 aliphatic rings. The van der Waals surface area contributed by atoms with Crippen molar-refractivity contribution < 1.29 is 9.18 Å². The summed E-state index contributed by atoms with van der Waals surface area (Å²) in [5.41, 5.74) is 0.599. The first kappa shape index (κ1) is 20.3. The number of thioether (sulfide) groups is 1. The van der Waals surface area contributed by atoms with Gasteiger partial charge in [-0.05, 0) is 24.6 Å². The molecule has 7 nitrogen and oxygen atoms in total. The number of hydrogen-bond acceptors (Lipinski definition) is 5. The van der Waals surface area contributed by atoms with Gasteiger partial charge in [-0.15, -0.1) is 0 Å². The van der Waals surface area contributed by atoms with Gasteiger partial charge < -0.3 is 5.32 Å². The van der Waals surface area contributed by atoms with Crippen LogP contribution in [0.15, 0.2) is 34.3 Å². The van der Waals surface area contributed by atoms with Crippen molar-refractivity contribution in [1.82, 2.24) is 19.3 Å². The third-order valence-corrected chi connectivity index (χ3v) is 5.19. The molecular weight excluding hydrogens is 405 g/mol. The number of fused-ring (bicyclic) bond motifs is 1. The number of nitrogens with zero attached hydrogens (tertiary/aromatic N) is 4. The van der Waals surface area contributed by atoms with Crippen LogP contribution in [0.1, 0.15) is 19.8 Å². The van der Waals surface area contributed by atoms with Crippen LogP contribution in [-0.2, 0) is 18.4 Å². The molecule has 2 aromatic heterocycles. The molecule has 0 aliphatic carbocycles. The van der Waals surface area contributed by atoms with Crippen LogP contribution in [0.4, 0.5) is 10.1 Å². The second-order valence-corrected chi connectivity index (χ2v) is 7.58. The second-order valence-electron chi connectivity index (χ2n) is 6.20. The molecule has 148 valence electrons. The minimum atomic E-state index is -0.611. The minimum absolute atomic E-state index is 0.0214. The Kier molecular flexibility index (Phi) is 6.35. The smallest absolute Gasteiger partial charge is 0.282 e. The molecule has 0 radical (unpaired) electrons. The van der Waals surface area contributed by atoms with Crippen molar-refractivity contribution in [3.8, 4) is 0 Å². The Hall–Kier alpha value is -2.39. The highest BCUT2D eigenvalue weighted by Gasteiger charge is 2.16. The molecule has 2 heterocycles. The number of hydrogen-bond donors (Lipinski definition) is 1. The molecular formula is C18H19ClFN5O2S. The Bertz CT molecular complexity index is 1080. The first-order valence-corrected chi connectivity index (χ1v) is 10.1. The molecule has 0 saturated carbocycles. The fourth-order valence-electron chi connectivity index (χ4n) is 2.62. The van der Waals surface area contributed by atoms with Gasteiger partial charge >= 0.3 is 0 Å². The Morgan fingerprint density at radius 2 is 2.18 bits per heavy atom. The summed E-state index contributed by atoms with van der Waals surface area (Å²) in [6.07, 6.45) is 3.37. The maximum atomic E-state index is 13.8. The molecule has 28 heavy (non-hydrogen) atoms. The van der Waals surface area contributed by atoms with Crippen LogP contribution in [0.25, 0.3) is 11.0 Å². The van der Waals surface area contributed by atoms with Crippen molar-refractivity contribution in [1.29, 1.82) is 0 Å². The summed E-state index contributed by atoms with van der Waals surface area (Å²) >= 11 is 6.84. The lowest BCUT2D eigenvalue weighted by atomic mass is 10.3. The quantitative estimate of drug-likeness (QED) is 0.465. The van der Waals surface area contributed by atoms with Gasteiger partial charge in [-0.2, -0.15) is 5.10 Å². The molecule has 0 saturated heterocycles. The van der Waals surface area contributed by atoms with Gasteiger partial charge in [0.1, 0.15) is 11.3 Å². The van der Waals surface area contributed by atoms with Gasteiger partial charge in [-0.25, -0.2) is 9.37 Å². The number of unbranched alkanes of at least 4 members (excludes halogenated alkanes) is 1. The molecule has 0 atom stereocenters. The van der Waals surface area contributed by atoms with E-state index in [0.29, 0.717) is 22.7 Å². The zero-order valence-electron chi connectivity index (χ0n) is 15.4. The largest absolute Gasteiger partial charge is 0.323 e. The van der Waals surface area contributed by atoms with Crippen molar-refractivity contribution in [2.75, 3.05) is 11.1 Å². The molecule has 3 rings (SSSR count). The normalized spacial score (nSPS) is 11.1. The van der Waals surface area contributed by atoms with Crippen LogP contribution < -0.4 is 10.9 Å². The number of anilines is 1. The molecule has 0 aliphatic heterocycles. The first-order valence-electron chi connectivity index (χ1n) is 8.71. The molecule has 1 amide bonds. The van der Waals surface area contributed by atoms with E-state index in [1.54, 1.807) is 17.8 Å². The third kappa shape index (κ3) is 4.53. The topological polar surface area (TPSA) is 81.8 Å². The Morgan fingerprint density at radius 1 is 1.39 bits per heavy atom. The number of aromatic nitrogens is 4. The molecule has 0 bridgehead atoms. The van der Waals surface area contributed by atoms with E-state index in [1.807, 2.05) is 6.92 Å². The average Bonchev–Trinajstić information content (AvgIpc) is 3.02. The molecule has 1 N–H and O–H groups in total. The summed E-state index contributed by atoms with van der Waals surface area (Å²) in [7, 11) is 1.72. The van der Waals surface area contributed by atoms with Crippen molar-refractivity contribution >= 4 is 46.0 Å². The molecule has 10 heteroatoms. The summed E-state index contributed by atoms with van der Waals surface area (Å²) in [5.74, 6) is -1.04. The van der Waals surface area contributed by atoms with E-state index in [0.717, 1.165) is 30.7 Å². The van der Waals surface area contributed by atoms with Crippen LogP contribution in [0.2, 0.25) is 5.02 Å². The summed E-state index contributed by atoms with van der Waals surface area (Å²) in [6.45, 7) is 2.52. The molecule has 0 fully saturated rings. The third-order valence-electron chi connectivity index (χ3n) is 3.98. The Morgan fingerprint density at radius 3 is 2.89 bits per heavy atom. The van der Waals surface area contributed by atoms with E-state index in [1.165, 1.54) is 16.8 Å². The van der Waals surface area contributed by atoms with E-state index in [4.69, 9.17) is 11.6 Å². The van der Waals surface area contributed by atoms with E-state index >= 15 is 0 Å². The zero-order chi connectivity index (χ0) is 20.3. The highest BCUT2D eigenvalue weighted by atomic mass is 35.5. The van der Waals surface area contributed by atoms with Crippen LogP contribution in [0, 0.1) is 5.82 Å². The lowest BCUT2D eigenvalue weighted by Gasteiger charge is -2.11. The van der Waals surface area contributed by atoms with E-state index in [9.17, 15) is 14.0 Å². The molecule has 0 spiro atoms. The highest BCUT2D eigenvalue weighted by Crippen LogP contribution is 2.21. The Balaban J connectivity index is 1.80. The summed E-state index contributed by atoms with van der Waals surface area (Å²) in [4.78, 5) is 29.5. The first-order chi connectivity index (χ1) is 13.4. The van der Waals surface area contributed by atoms with Crippen LogP contribution >= 0.6 is 23.4 Å². The minimum Gasteiger partial charge on any atom is -0.323 e. The van der Waals surface area contributed by atoms with Gasteiger partial charge in [0.25, 0.3) is 5.56 Å². The van der Waals surface area contributed by atoms with E-state index in [-0.39, 0.29) is 22.0 Å². The number of carbonyl (C=O) groups is 1.